The van der Waals surface area contributed by atoms with Crippen molar-refractivity contribution in [3.8, 4) is 0 Å². The van der Waals surface area contributed by atoms with E-state index in [1.165, 1.54) is 12.1 Å². The average molecular weight is 300 g/mol. The molecule has 0 amide bonds. The minimum Gasteiger partial charge on any atom is -0.465 e. The molecule has 1 rings (SSSR count). The first-order valence-electron chi connectivity index (χ1n) is 7.07. The van der Waals surface area contributed by atoms with Gasteiger partial charge in [-0.2, -0.15) is 0 Å². The lowest BCUT2D eigenvalue weighted by molar-refractivity contribution is -0.149. The molecule has 1 unspecified atom stereocenters. The molecule has 1 aromatic carbocycles. The van der Waals surface area contributed by atoms with Gasteiger partial charge in [0.2, 0.25) is 0 Å². The summed E-state index contributed by atoms with van der Waals surface area (Å²) in [7, 11) is 0. The highest BCUT2D eigenvalue weighted by Crippen LogP contribution is 2.26. The molecule has 0 aromatic heterocycles. The van der Waals surface area contributed by atoms with E-state index in [-0.39, 0.29) is 36.9 Å². The zero-order chi connectivity index (χ0) is 16.0. The van der Waals surface area contributed by atoms with Gasteiger partial charge in [0, 0.05) is 18.6 Å². The highest BCUT2D eigenvalue weighted by Gasteiger charge is 2.19. The van der Waals surface area contributed by atoms with E-state index in [1.807, 2.05) is 0 Å². The van der Waals surface area contributed by atoms with Gasteiger partial charge in [0.15, 0.2) is 0 Å². The molecule has 0 aliphatic rings. The first kappa shape index (κ1) is 17.6. The van der Waals surface area contributed by atoms with Crippen molar-refractivity contribution in [1.82, 2.24) is 0 Å². The van der Waals surface area contributed by atoms with Gasteiger partial charge in [-0.3, -0.25) is 4.79 Å². The highest BCUT2D eigenvalue weighted by molar-refractivity contribution is 5.71. The third-order valence-electron chi connectivity index (χ3n) is 3.37. The Hall–Kier alpha value is -1.49. The Morgan fingerprint density at radius 3 is 2.48 bits per heavy atom. The fourth-order valence-electron chi connectivity index (χ4n) is 2.09. The van der Waals surface area contributed by atoms with Gasteiger partial charge in [-0.1, -0.05) is 26.8 Å². The van der Waals surface area contributed by atoms with Crippen LogP contribution in [-0.4, -0.2) is 24.3 Å². The Morgan fingerprint density at radius 1 is 1.29 bits per heavy atom. The summed E-state index contributed by atoms with van der Waals surface area (Å²) < 4.78 is 31.7. The van der Waals surface area contributed by atoms with Crippen molar-refractivity contribution in [3.63, 3.8) is 0 Å². The van der Waals surface area contributed by atoms with Gasteiger partial charge in [-0.25, -0.2) is 8.78 Å². The predicted molar refractivity (Wildman–Crippen MR) is 75.8 cm³/mol. The standard InChI is InChI=1S/C16H22F2O3/c1-10(2)16(20)21-9-12(8-19)6-11(3)14-5-4-13(17)7-15(14)18/h4-5,7,10-12,19H,6,8-9H2,1-3H3/t11?,12-/m0/s1. The summed E-state index contributed by atoms with van der Waals surface area (Å²) in [4.78, 5) is 11.4. The number of rotatable bonds is 7. The normalized spacial score (nSPS) is 14.0. The molecule has 2 atom stereocenters. The predicted octanol–water partition coefficient (Wildman–Crippen LogP) is 3.27. The van der Waals surface area contributed by atoms with Crippen molar-refractivity contribution in [3.05, 3.63) is 35.4 Å². The molecule has 0 saturated carbocycles. The maximum absolute atomic E-state index is 13.7. The summed E-state index contributed by atoms with van der Waals surface area (Å²) in [5, 5.41) is 9.34. The minimum absolute atomic E-state index is 0.0979. The number of carbonyl (C=O) groups is 1. The summed E-state index contributed by atoms with van der Waals surface area (Å²) in [6, 6.07) is 3.46. The minimum atomic E-state index is -0.618. The third kappa shape index (κ3) is 5.42. The van der Waals surface area contributed by atoms with E-state index < -0.39 is 11.6 Å². The molecule has 0 heterocycles. The molecule has 0 saturated heterocycles. The van der Waals surface area contributed by atoms with Crippen LogP contribution in [0, 0.1) is 23.5 Å². The van der Waals surface area contributed by atoms with Crippen LogP contribution in [0.5, 0.6) is 0 Å². The Labute approximate surface area is 123 Å². The SMILES string of the molecule is CC(C)C(=O)OC[C@H](CO)CC(C)c1ccc(F)cc1F. The van der Waals surface area contributed by atoms with Crippen LogP contribution in [-0.2, 0) is 9.53 Å². The van der Waals surface area contributed by atoms with Crippen LogP contribution in [0.1, 0.15) is 38.7 Å². The van der Waals surface area contributed by atoms with Gasteiger partial charge in [0.1, 0.15) is 11.6 Å². The van der Waals surface area contributed by atoms with Crippen molar-refractivity contribution >= 4 is 5.97 Å². The lowest BCUT2D eigenvalue weighted by atomic mass is 9.90. The summed E-state index contributed by atoms with van der Waals surface area (Å²) in [5.41, 5.74) is 0.394. The Balaban J connectivity index is 2.61. The van der Waals surface area contributed by atoms with Gasteiger partial charge < -0.3 is 9.84 Å². The van der Waals surface area contributed by atoms with E-state index in [2.05, 4.69) is 0 Å². The van der Waals surface area contributed by atoms with Crippen molar-refractivity contribution in [1.29, 1.82) is 0 Å². The molecule has 3 nitrogen and oxygen atoms in total. The van der Waals surface area contributed by atoms with Crippen molar-refractivity contribution in [2.75, 3.05) is 13.2 Å². The van der Waals surface area contributed by atoms with Crippen molar-refractivity contribution in [2.45, 2.75) is 33.1 Å². The average Bonchev–Trinajstić information content (AvgIpc) is 2.42. The van der Waals surface area contributed by atoms with Gasteiger partial charge >= 0.3 is 5.97 Å². The molecule has 118 valence electrons. The summed E-state index contributed by atoms with van der Waals surface area (Å²) in [5.74, 6) is -2.25. The number of aliphatic hydroxyl groups excluding tert-OH is 1. The number of aliphatic hydroxyl groups is 1. The topological polar surface area (TPSA) is 46.5 Å². The fourth-order valence-corrected chi connectivity index (χ4v) is 2.09. The molecule has 0 bridgehead atoms. The first-order chi connectivity index (χ1) is 9.85. The molecule has 1 N–H and O–H groups in total. The second-order valence-electron chi connectivity index (χ2n) is 5.64. The smallest absolute Gasteiger partial charge is 0.308 e. The number of hydrogen-bond donors (Lipinski definition) is 1. The molecule has 0 aliphatic carbocycles. The number of carbonyl (C=O) groups excluding carboxylic acids is 1. The van der Waals surface area contributed by atoms with Crippen LogP contribution in [0.2, 0.25) is 0 Å². The Morgan fingerprint density at radius 2 is 1.95 bits per heavy atom. The number of hydrogen-bond acceptors (Lipinski definition) is 3. The van der Waals surface area contributed by atoms with E-state index in [4.69, 9.17) is 4.74 Å². The molecule has 0 spiro atoms. The summed E-state index contributed by atoms with van der Waals surface area (Å²) >= 11 is 0. The van der Waals surface area contributed by atoms with Gasteiger partial charge in [0.05, 0.1) is 12.5 Å². The van der Waals surface area contributed by atoms with Gasteiger partial charge in [-0.15, -0.1) is 0 Å². The van der Waals surface area contributed by atoms with E-state index in [1.54, 1.807) is 20.8 Å². The Kier molecular flexibility index (Phi) is 6.75. The zero-order valence-corrected chi connectivity index (χ0v) is 12.6. The van der Waals surface area contributed by atoms with E-state index in [0.717, 1.165) is 6.07 Å². The number of esters is 1. The molecule has 0 aliphatic heterocycles. The Bertz CT molecular complexity index is 475. The third-order valence-corrected chi connectivity index (χ3v) is 3.37. The van der Waals surface area contributed by atoms with Crippen LogP contribution in [0.4, 0.5) is 8.78 Å². The van der Waals surface area contributed by atoms with Gasteiger partial charge in [0.25, 0.3) is 0 Å². The summed E-state index contributed by atoms with van der Waals surface area (Å²) in [6.45, 7) is 5.20. The summed E-state index contributed by atoms with van der Waals surface area (Å²) in [6.07, 6.45) is 0.449. The van der Waals surface area contributed by atoms with Gasteiger partial charge in [-0.05, 0) is 24.0 Å². The lowest BCUT2D eigenvalue weighted by Gasteiger charge is -2.20. The lowest BCUT2D eigenvalue weighted by Crippen LogP contribution is -2.21. The van der Waals surface area contributed by atoms with Crippen LogP contribution in [0.25, 0.3) is 0 Å². The van der Waals surface area contributed by atoms with Crippen LogP contribution >= 0.6 is 0 Å². The van der Waals surface area contributed by atoms with Crippen molar-refractivity contribution < 1.29 is 23.4 Å². The monoisotopic (exact) mass is 300 g/mol. The number of ether oxygens (including phenoxy) is 1. The van der Waals surface area contributed by atoms with Crippen LogP contribution < -0.4 is 0 Å². The van der Waals surface area contributed by atoms with Crippen LogP contribution in [0.15, 0.2) is 18.2 Å². The highest BCUT2D eigenvalue weighted by atomic mass is 19.1. The first-order valence-corrected chi connectivity index (χ1v) is 7.07. The largest absolute Gasteiger partial charge is 0.465 e. The molecule has 1 aromatic rings. The van der Waals surface area contributed by atoms with E-state index in [0.29, 0.717) is 12.0 Å². The fraction of sp³-hybridized carbons (Fsp3) is 0.562. The van der Waals surface area contributed by atoms with E-state index in [9.17, 15) is 18.7 Å². The zero-order valence-electron chi connectivity index (χ0n) is 12.6. The number of benzene rings is 1. The van der Waals surface area contributed by atoms with Crippen LogP contribution in [0.3, 0.4) is 0 Å². The molecule has 5 heteroatoms. The molecule has 21 heavy (non-hydrogen) atoms. The maximum Gasteiger partial charge on any atom is 0.308 e. The molecule has 0 radical (unpaired) electrons. The van der Waals surface area contributed by atoms with Crippen molar-refractivity contribution in [2.24, 2.45) is 11.8 Å². The molecular weight excluding hydrogens is 278 g/mol. The van der Waals surface area contributed by atoms with E-state index >= 15 is 0 Å². The molecular formula is C16H22F2O3. The molecule has 0 fully saturated rings. The maximum atomic E-state index is 13.7. The second-order valence-corrected chi connectivity index (χ2v) is 5.64. The second kappa shape index (κ2) is 8.08. The quantitative estimate of drug-likeness (QED) is 0.786. The number of halogens is 2.